The second-order valence-corrected chi connectivity index (χ2v) is 6.52. The highest BCUT2D eigenvalue weighted by atomic mass is 15.3. The van der Waals surface area contributed by atoms with E-state index in [1.54, 1.807) is 0 Å². The monoisotopic (exact) mass is 279 g/mol. The maximum absolute atomic E-state index is 4.82. The van der Waals surface area contributed by atoms with Crippen LogP contribution in [0.25, 0.3) is 0 Å². The summed E-state index contributed by atoms with van der Waals surface area (Å²) in [6.45, 7) is 15.7. The van der Waals surface area contributed by atoms with E-state index in [4.69, 9.17) is 5.10 Å². The van der Waals surface area contributed by atoms with Crippen molar-refractivity contribution >= 4 is 0 Å². The van der Waals surface area contributed by atoms with Gasteiger partial charge in [-0.3, -0.25) is 4.68 Å². The van der Waals surface area contributed by atoms with Gasteiger partial charge >= 0.3 is 0 Å². The Morgan fingerprint density at radius 2 is 1.90 bits per heavy atom. The molecule has 0 aliphatic carbocycles. The van der Waals surface area contributed by atoms with E-state index in [1.807, 2.05) is 0 Å². The quantitative estimate of drug-likeness (QED) is 0.739. The Labute approximate surface area is 125 Å². The minimum absolute atomic E-state index is 0.267. The van der Waals surface area contributed by atoms with E-state index < -0.39 is 0 Å². The largest absolute Gasteiger partial charge is 0.316 e. The molecule has 1 atom stereocenters. The molecule has 1 aromatic heterocycles. The molecule has 3 heteroatoms. The molecule has 1 unspecified atom stereocenters. The van der Waals surface area contributed by atoms with Gasteiger partial charge in [-0.2, -0.15) is 5.10 Å². The molecule has 0 spiro atoms. The standard InChI is InChI=1S/C17H33N3/c1-7-16(8-2)20-11-10-15(19-20)12-17(6,14(4)5)13-18-9-3/h10-11,14,16,18H,7-9,12-13H2,1-6H3. The third kappa shape index (κ3) is 4.34. The topological polar surface area (TPSA) is 29.9 Å². The Hall–Kier alpha value is -0.830. The normalized spacial score (nSPS) is 15.0. The first kappa shape index (κ1) is 17.2. The maximum atomic E-state index is 4.82. The van der Waals surface area contributed by atoms with Crippen LogP contribution in [0.1, 0.15) is 66.1 Å². The van der Waals surface area contributed by atoms with Gasteiger partial charge in [-0.15, -0.1) is 0 Å². The minimum atomic E-state index is 0.267. The maximum Gasteiger partial charge on any atom is 0.0630 e. The molecule has 3 nitrogen and oxygen atoms in total. The number of aromatic nitrogens is 2. The van der Waals surface area contributed by atoms with Gasteiger partial charge in [-0.25, -0.2) is 0 Å². The van der Waals surface area contributed by atoms with Crippen molar-refractivity contribution in [2.45, 2.75) is 66.8 Å². The van der Waals surface area contributed by atoms with E-state index in [2.05, 4.69) is 63.8 Å². The van der Waals surface area contributed by atoms with Gasteiger partial charge in [0.2, 0.25) is 0 Å². The molecule has 1 N–H and O–H groups in total. The van der Waals surface area contributed by atoms with Crippen LogP contribution in [-0.4, -0.2) is 22.9 Å². The molecule has 0 saturated carbocycles. The molecular weight excluding hydrogens is 246 g/mol. The van der Waals surface area contributed by atoms with Gasteiger partial charge in [0, 0.05) is 12.7 Å². The molecule has 1 heterocycles. The lowest BCUT2D eigenvalue weighted by atomic mass is 9.75. The van der Waals surface area contributed by atoms with Crippen molar-refractivity contribution in [2.75, 3.05) is 13.1 Å². The number of nitrogens with one attached hydrogen (secondary N) is 1. The first-order valence-corrected chi connectivity index (χ1v) is 8.21. The molecule has 0 bridgehead atoms. The Kier molecular flexibility index (Phi) is 6.74. The number of hydrogen-bond donors (Lipinski definition) is 1. The lowest BCUT2D eigenvalue weighted by molar-refractivity contribution is 0.206. The molecule has 0 radical (unpaired) electrons. The van der Waals surface area contributed by atoms with Crippen molar-refractivity contribution in [3.8, 4) is 0 Å². The molecule has 116 valence electrons. The van der Waals surface area contributed by atoms with E-state index in [1.165, 1.54) is 5.69 Å². The molecule has 0 amide bonds. The lowest BCUT2D eigenvalue weighted by Gasteiger charge is -2.33. The summed E-state index contributed by atoms with van der Waals surface area (Å²) < 4.78 is 2.16. The van der Waals surface area contributed by atoms with Gasteiger partial charge in [-0.1, -0.05) is 41.5 Å². The van der Waals surface area contributed by atoms with Crippen LogP contribution in [0.5, 0.6) is 0 Å². The molecular formula is C17H33N3. The van der Waals surface area contributed by atoms with Crippen molar-refractivity contribution in [1.29, 1.82) is 0 Å². The molecule has 0 aliphatic heterocycles. The van der Waals surface area contributed by atoms with E-state index in [0.29, 0.717) is 12.0 Å². The Balaban J connectivity index is 2.79. The number of nitrogens with zero attached hydrogens (tertiary/aromatic N) is 2. The number of rotatable bonds is 9. The van der Waals surface area contributed by atoms with Gasteiger partial charge < -0.3 is 5.32 Å². The van der Waals surface area contributed by atoms with E-state index in [9.17, 15) is 0 Å². The number of hydrogen-bond acceptors (Lipinski definition) is 2. The van der Waals surface area contributed by atoms with Gasteiger partial charge in [-0.05, 0) is 43.2 Å². The highest BCUT2D eigenvalue weighted by Gasteiger charge is 2.29. The van der Waals surface area contributed by atoms with Crippen molar-refractivity contribution in [1.82, 2.24) is 15.1 Å². The van der Waals surface area contributed by atoms with Crippen molar-refractivity contribution < 1.29 is 0 Å². The highest BCUT2D eigenvalue weighted by molar-refractivity contribution is 5.04. The zero-order chi connectivity index (χ0) is 15.2. The molecule has 20 heavy (non-hydrogen) atoms. The molecule has 0 fully saturated rings. The van der Waals surface area contributed by atoms with Crippen LogP contribution in [0.2, 0.25) is 0 Å². The average molecular weight is 279 g/mol. The lowest BCUT2D eigenvalue weighted by Crippen LogP contribution is -2.38. The summed E-state index contributed by atoms with van der Waals surface area (Å²) in [6, 6.07) is 2.74. The van der Waals surface area contributed by atoms with E-state index in [-0.39, 0.29) is 5.41 Å². The van der Waals surface area contributed by atoms with Crippen molar-refractivity contribution in [3.63, 3.8) is 0 Å². The summed E-state index contributed by atoms with van der Waals surface area (Å²) in [5.74, 6) is 0.639. The molecule has 0 saturated heterocycles. The molecule has 1 aromatic rings. The summed E-state index contributed by atoms with van der Waals surface area (Å²) in [4.78, 5) is 0. The van der Waals surface area contributed by atoms with Crippen LogP contribution in [0.15, 0.2) is 12.3 Å². The smallest absolute Gasteiger partial charge is 0.0630 e. The van der Waals surface area contributed by atoms with E-state index >= 15 is 0 Å². The second-order valence-electron chi connectivity index (χ2n) is 6.52. The fraction of sp³-hybridized carbons (Fsp3) is 0.824. The molecule has 0 aromatic carbocycles. The van der Waals surface area contributed by atoms with Gasteiger partial charge in [0.05, 0.1) is 11.7 Å². The Morgan fingerprint density at radius 1 is 1.25 bits per heavy atom. The van der Waals surface area contributed by atoms with Crippen molar-refractivity contribution in [3.05, 3.63) is 18.0 Å². The summed E-state index contributed by atoms with van der Waals surface area (Å²) in [7, 11) is 0. The van der Waals surface area contributed by atoms with Crippen molar-refractivity contribution in [2.24, 2.45) is 11.3 Å². The summed E-state index contributed by atoms with van der Waals surface area (Å²) in [5, 5.41) is 8.32. The summed E-state index contributed by atoms with van der Waals surface area (Å²) in [5.41, 5.74) is 1.49. The predicted molar refractivity (Wildman–Crippen MR) is 87.0 cm³/mol. The van der Waals surface area contributed by atoms with Gasteiger partial charge in [0.15, 0.2) is 0 Å². The van der Waals surface area contributed by atoms with Crippen LogP contribution in [0.3, 0.4) is 0 Å². The third-order valence-electron chi connectivity index (χ3n) is 4.74. The Bertz CT molecular complexity index is 379. The second kappa shape index (κ2) is 7.82. The average Bonchev–Trinajstić information content (AvgIpc) is 2.86. The zero-order valence-corrected chi connectivity index (χ0v) is 14.2. The summed E-state index contributed by atoms with van der Waals surface area (Å²) in [6.07, 6.45) is 5.50. The van der Waals surface area contributed by atoms with Crippen LogP contribution in [-0.2, 0) is 6.42 Å². The fourth-order valence-electron chi connectivity index (χ4n) is 2.63. The predicted octanol–water partition coefficient (Wildman–Crippen LogP) is 4.06. The Morgan fingerprint density at radius 3 is 2.40 bits per heavy atom. The zero-order valence-electron chi connectivity index (χ0n) is 14.2. The van der Waals surface area contributed by atoms with Crippen LogP contribution >= 0.6 is 0 Å². The minimum Gasteiger partial charge on any atom is -0.316 e. The summed E-state index contributed by atoms with van der Waals surface area (Å²) >= 11 is 0. The third-order valence-corrected chi connectivity index (χ3v) is 4.74. The SMILES string of the molecule is CCNCC(C)(Cc1ccn(C(CC)CC)n1)C(C)C. The molecule has 0 aliphatic rings. The van der Waals surface area contributed by atoms with Crippen LogP contribution in [0, 0.1) is 11.3 Å². The van der Waals surface area contributed by atoms with Crippen LogP contribution in [0.4, 0.5) is 0 Å². The first-order chi connectivity index (χ1) is 9.46. The van der Waals surface area contributed by atoms with Crippen LogP contribution < -0.4 is 5.32 Å². The van der Waals surface area contributed by atoms with Gasteiger partial charge in [0.25, 0.3) is 0 Å². The molecule has 1 rings (SSSR count). The highest BCUT2D eigenvalue weighted by Crippen LogP contribution is 2.30. The fourth-order valence-corrected chi connectivity index (χ4v) is 2.63. The van der Waals surface area contributed by atoms with E-state index in [0.717, 1.165) is 32.4 Å². The first-order valence-electron chi connectivity index (χ1n) is 8.21. The van der Waals surface area contributed by atoms with Gasteiger partial charge in [0.1, 0.15) is 0 Å².